The van der Waals surface area contributed by atoms with Crippen molar-refractivity contribution in [1.82, 2.24) is 35.0 Å². The maximum Gasteiger partial charge on any atom is 0.262 e. The number of likely N-dealkylation sites (tertiary alicyclic amines) is 2. The summed E-state index contributed by atoms with van der Waals surface area (Å²) in [5, 5.41) is 6.35. The fourth-order valence-electron chi connectivity index (χ4n) is 11.3. The van der Waals surface area contributed by atoms with Crippen molar-refractivity contribution in [1.29, 1.82) is 0 Å². The molecule has 3 N–H and O–H groups in total. The van der Waals surface area contributed by atoms with Gasteiger partial charge >= 0.3 is 0 Å². The number of piperidine rings is 4. The maximum absolute atomic E-state index is 16.1. The highest BCUT2D eigenvalue weighted by molar-refractivity contribution is 7.92. The van der Waals surface area contributed by atoms with Crippen LogP contribution >= 0.6 is 11.3 Å². The van der Waals surface area contributed by atoms with E-state index >= 15 is 4.39 Å². The summed E-state index contributed by atoms with van der Waals surface area (Å²) in [4.78, 5) is 87.2. The maximum atomic E-state index is 16.1. The number of anilines is 4. The van der Waals surface area contributed by atoms with Gasteiger partial charge in [0.05, 0.1) is 43.8 Å². The van der Waals surface area contributed by atoms with Gasteiger partial charge in [0, 0.05) is 73.6 Å². The van der Waals surface area contributed by atoms with Crippen LogP contribution in [0.5, 0.6) is 0 Å². The van der Waals surface area contributed by atoms with E-state index in [0.29, 0.717) is 58.5 Å². The molecule has 10 rings (SSSR count). The van der Waals surface area contributed by atoms with E-state index in [4.69, 9.17) is 9.97 Å². The smallest absolute Gasteiger partial charge is 0.262 e. The van der Waals surface area contributed by atoms with Crippen LogP contribution < -0.4 is 20.3 Å². The van der Waals surface area contributed by atoms with Crippen molar-refractivity contribution in [3.63, 3.8) is 0 Å². The van der Waals surface area contributed by atoms with Crippen molar-refractivity contribution < 1.29 is 36.8 Å². The monoisotopic (exact) mass is 1070 g/mol. The van der Waals surface area contributed by atoms with Crippen LogP contribution in [0.2, 0.25) is 0 Å². The van der Waals surface area contributed by atoms with Crippen LogP contribution in [0.1, 0.15) is 129 Å². The molecular formula is C56H65FN10O7S2. The second-order valence-electron chi connectivity index (χ2n) is 21.8. The Morgan fingerprint density at radius 2 is 1.55 bits per heavy atom. The Balaban J connectivity index is 0.683. The predicted molar refractivity (Wildman–Crippen MR) is 290 cm³/mol. The van der Waals surface area contributed by atoms with Crippen LogP contribution in [0.15, 0.2) is 72.9 Å². The summed E-state index contributed by atoms with van der Waals surface area (Å²) in [6.45, 7) is 12.9. The fraction of sp³-hybridized carbons (Fsp3) is 0.464. The number of amides is 5. The van der Waals surface area contributed by atoms with Gasteiger partial charge in [0.2, 0.25) is 33.7 Å². The molecule has 5 aliphatic heterocycles. The van der Waals surface area contributed by atoms with Crippen LogP contribution in [0.25, 0.3) is 21.8 Å². The van der Waals surface area contributed by atoms with E-state index in [-0.39, 0.29) is 46.7 Å². The number of fused-ring (bicyclic) bond motifs is 1. The number of imide groups is 2. The van der Waals surface area contributed by atoms with E-state index in [9.17, 15) is 32.4 Å². The number of nitrogens with one attached hydrogen (secondary N) is 3. The molecule has 1 atom stereocenters. The van der Waals surface area contributed by atoms with Crippen LogP contribution in [0, 0.1) is 11.7 Å². The number of hydrogen-bond acceptors (Lipinski definition) is 14. The minimum atomic E-state index is -3.73. The minimum absolute atomic E-state index is 0.0811. The zero-order valence-corrected chi connectivity index (χ0v) is 45.1. The molecular weight excluding hydrogens is 1010 g/mol. The van der Waals surface area contributed by atoms with Gasteiger partial charge in [-0.25, -0.2) is 27.8 Å². The first-order chi connectivity index (χ1) is 36.4. The van der Waals surface area contributed by atoms with Crippen molar-refractivity contribution in [2.75, 3.05) is 60.0 Å². The van der Waals surface area contributed by atoms with E-state index in [0.717, 1.165) is 99.1 Å². The lowest BCUT2D eigenvalue weighted by molar-refractivity contribution is -0.136. The van der Waals surface area contributed by atoms with Gasteiger partial charge in [0.25, 0.3) is 11.8 Å². The number of carbonyl (C=O) groups excluding carboxylic acids is 5. The van der Waals surface area contributed by atoms with E-state index < -0.39 is 45.5 Å². The zero-order chi connectivity index (χ0) is 53.5. The molecule has 0 radical (unpaired) electrons. The number of sulfonamides is 1. The van der Waals surface area contributed by atoms with Crippen molar-refractivity contribution in [2.24, 2.45) is 5.92 Å². The highest BCUT2D eigenvalue weighted by atomic mass is 32.2. The largest absolute Gasteiger partial charge is 0.371 e. The number of thiazole rings is 1. The first-order valence-corrected chi connectivity index (χ1v) is 29.0. The molecule has 3 aromatic carbocycles. The van der Waals surface area contributed by atoms with Crippen LogP contribution in [-0.2, 0) is 29.8 Å². The molecule has 5 aliphatic rings. The van der Waals surface area contributed by atoms with Crippen molar-refractivity contribution in [3.8, 4) is 21.8 Å². The summed E-state index contributed by atoms with van der Waals surface area (Å²) in [5.41, 5.74) is 4.10. The second kappa shape index (κ2) is 21.8. The third-order valence-electron chi connectivity index (χ3n) is 15.5. The molecule has 7 heterocycles. The number of halogens is 1. The molecule has 400 valence electrons. The highest BCUT2D eigenvalue weighted by Gasteiger charge is 2.45. The molecule has 17 nitrogen and oxygen atoms in total. The Hall–Kier alpha value is -6.64. The lowest BCUT2D eigenvalue weighted by atomic mass is 9.88. The van der Waals surface area contributed by atoms with Gasteiger partial charge in [0.1, 0.15) is 6.04 Å². The van der Waals surface area contributed by atoms with Gasteiger partial charge in [-0.2, -0.15) is 0 Å². The van der Waals surface area contributed by atoms with Gasteiger partial charge in [-0.1, -0.05) is 45.9 Å². The molecule has 4 saturated heterocycles. The minimum Gasteiger partial charge on any atom is -0.371 e. The molecule has 0 spiro atoms. The summed E-state index contributed by atoms with van der Waals surface area (Å²) in [6, 6.07) is 19.4. The molecule has 5 aromatic rings. The Kier molecular flexibility index (Phi) is 15.1. The van der Waals surface area contributed by atoms with Crippen LogP contribution in [-0.4, -0.2) is 125 Å². The van der Waals surface area contributed by atoms with E-state index in [1.807, 2.05) is 43.9 Å². The van der Waals surface area contributed by atoms with Gasteiger partial charge in [-0.3, -0.25) is 38.9 Å². The van der Waals surface area contributed by atoms with Gasteiger partial charge in [-0.05, 0) is 130 Å². The van der Waals surface area contributed by atoms with Gasteiger partial charge < -0.3 is 20.0 Å². The Morgan fingerprint density at radius 3 is 2.25 bits per heavy atom. The SMILES string of the molecule is CCCS(=O)(=O)Nc1cccc(-c2nc(C(C)(C)C)sc2-c2ccnc(Nc3ccc(C4CCN(C(=O)CC5CCN(C6CCN(c7ccc8c(c7)C(=O)N([C@@H]7CCC(=O)NC7=O)C8=O)CC6)CC5)CC4)cc3)n2)c1F. The zero-order valence-electron chi connectivity index (χ0n) is 43.4. The van der Waals surface area contributed by atoms with Crippen molar-refractivity contribution in [2.45, 2.75) is 115 Å². The topological polar surface area (TPSA) is 207 Å². The molecule has 4 fully saturated rings. The van der Waals surface area contributed by atoms with Crippen LogP contribution in [0.4, 0.5) is 27.4 Å². The third-order valence-corrected chi connectivity index (χ3v) is 18.5. The summed E-state index contributed by atoms with van der Waals surface area (Å²) in [5.74, 6) is -1.54. The number of carbonyl (C=O) groups is 5. The summed E-state index contributed by atoms with van der Waals surface area (Å²) >= 11 is 1.42. The standard InChI is InChI=1S/C56H65FN10O7S2/c1-5-31-76(73,74)63-43-8-6-7-41(48(43)57)49-50(75-54(62-49)56(2,3)4)44-17-24-58-55(60-44)59-37-11-9-35(10-12-37)36-20-27-66(28-21-36)47(69)32-34-18-25-64(26-19-34)38-22-29-65(30-23-38)39-13-14-40-42(33-39)53(72)67(52(40)71)45-15-16-46(68)61-51(45)70/h6-14,17,24,33-34,36,38,45,63H,5,15-16,18-23,25-32H2,1-4H3,(H,58,59,60)(H,61,68,70)/t45-/m1/s1. The quantitative estimate of drug-likeness (QED) is 0.0894. The van der Waals surface area contributed by atoms with Gasteiger partial charge in [0.15, 0.2) is 5.82 Å². The Labute approximate surface area is 447 Å². The number of nitrogens with zero attached hydrogens (tertiary/aromatic N) is 7. The number of rotatable bonds is 14. The molecule has 20 heteroatoms. The molecule has 2 aromatic heterocycles. The average molecular weight is 1070 g/mol. The average Bonchev–Trinajstić information content (AvgIpc) is 3.96. The summed E-state index contributed by atoms with van der Waals surface area (Å²) < 4.78 is 43.7. The molecule has 76 heavy (non-hydrogen) atoms. The normalized spacial score (nSPS) is 19.5. The Bertz CT molecular complexity index is 3160. The first kappa shape index (κ1) is 52.8. The fourth-order valence-corrected chi connectivity index (χ4v) is 13.5. The van der Waals surface area contributed by atoms with Crippen LogP contribution in [0.3, 0.4) is 0 Å². The lowest BCUT2D eigenvalue weighted by Gasteiger charge is -2.42. The Morgan fingerprint density at radius 1 is 0.829 bits per heavy atom. The van der Waals surface area contributed by atoms with E-state index in [1.165, 1.54) is 23.0 Å². The van der Waals surface area contributed by atoms with E-state index in [2.05, 4.69) is 42.3 Å². The first-order valence-electron chi connectivity index (χ1n) is 26.6. The third kappa shape index (κ3) is 11.3. The molecule has 0 unspecified atom stereocenters. The molecule has 0 aliphatic carbocycles. The number of hydrogen-bond donors (Lipinski definition) is 3. The second-order valence-corrected chi connectivity index (χ2v) is 24.6. The molecule has 5 amide bonds. The van der Waals surface area contributed by atoms with Gasteiger partial charge in [-0.15, -0.1) is 11.3 Å². The summed E-state index contributed by atoms with van der Waals surface area (Å²) in [7, 11) is -3.73. The van der Waals surface area contributed by atoms with Crippen molar-refractivity contribution >= 4 is 73.9 Å². The molecule has 0 saturated carbocycles. The lowest BCUT2D eigenvalue weighted by Crippen LogP contribution is -2.54. The number of aromatic nitrogens is 3. The molecule has 0 bridgehead atoms. The highest BCUT2D eigenvalue weighted by Crippen LogP contribution is 2.43. The summed E-state index contributed by atoms with van der Waals surface area (Å²) in [6.07, 6.45) is 8.54. The number of benzene rings is 3. The van der Waals surface area contributed by atoms with E-state index in [1.54, 1.807) is 43.5 Å². The predicted octanol–water partition coefficient (Wildman–Crippen LogP) is 8.48. The van der Waals surface area contributed by atoms with Crippen molar-refractivity contribution in [3.05, 3.63) is 100 Å².